The van der Waals surface area contributed by atoms with Crippen molar-refractivity contribution in [2.45, 2.75) is 33.0 Å². The van der Waals surface area contributed by atoms with Gasteiger partial charge in [-0.3, -0.25) is 4.79 Å². The normalized spacial score (nSPS) is 17.7. The molecule has 0 fully saturated rings. The van der Waals surface area contributed by atoms with E-state index in [1.54, 1.807) is 17.4 Å². The maximum Gasteiger partial charge on any atom is 0.247 e. The summed E-state index contributed by atoms with van der Waals surface area (Å²) in [6.07, 6.45) is 5.39. The first-order valence-corrected chi connectivity index (χ1v) is 8.73. The number of carbonyl (C=O) groups is 1. The third kappa shape index (κ3) is 3.38. The highest BCUT2D eigenvalue weighted by molar-refractivity contribution is 7.10. The first-order chi connectivity index (χ1) is 11.2. The van der Waals surface area contributed by atoms with Crippen LogP contribution < -0.4 is 0 Å². The van der Waals surface area contributed by atoms with Crippen LogP contribution in [0.2, 0.25) is 0 Å². The molecule has 1 aliphatic rings. The molecule has 0 N–H and O–H groups in total. The average molecular weight is 331 g/mol. The average Bonchev–Trinajstić information content (AvgIpc) is 3.21. The number of amides is 1. The number of thiophene rings is 1. The van der Waals surface area contributed by atoms with E-state index in [9.17, 15) is 4.79 Å². The number of nitrogens with zero attached hydrogens (tertiary/aromatic N) is 3. The lowest BCUT2D eigenvalue weighted by molar-refractivity contribution is -0.129. The highest BCUT2D eigenvalue weighted by atomic mass is 32.1. The van der Waals surface area contributed by atoms with Crippen molar-refractivity contribution in [3.8, 4) is 0 Å². The van der Waals surface area contributed by atoms with E-state index >= 15 is 0 Å². The van der Waals surface area contributed by atoms with Crippen LogP contribution >= 0.6 is 11.3 Å². The summed E-state index contributed by atoms with van der Waals surface area (Å²) in [5, 5.41) is 2.00. The van der Waals surface area contributed by atoms with Crippen molar-refractivity contribution in [3.63, 3.8) is 0 Å². The van der Waals surface area contributed by atoms with Crippen molar-refractivity contribution < 1.29 is 9.53 Å². The molecule has 23 heavy (non-hydrogen) atoms. The van der Waals surface area contributed by atoms with Crippen LogP contribution in [0.5, 0.6) is 0 Å². The molecule has 0 saturated carbocycles. The Hall–Kier alpha value is -1.92. The Kier molecular flexibility index (Phi) is 4.93. The number of rotatable bonds is 5. The molecule has 1 aliphatic heterocycles. The molecular weight excluding hydrogens is 310 g/mol. The van der Waals surface area contributed by atoms with Gasteiger partial charge in [-0.1, -0.05) is 6.07 Å². The van der Waals surface area contributed by atoms with Gasteiger partial charge in [0.25, 0.3) is 0 Å². The summed E-state index contributed by atoms with van der Waals surface area (Å²) in [6.45, 7) is 6.73. The third-order valence-electron chi connectivity index (χ3n) is 4.05. The van der Waals surface area contributed by atoms with Gasteiger partial charge in [-0.2, -0.15) is 0 Å². The van der Waals surface area contributed by atoms with Crippen molar-refractivity contribution >= 4 is 23.3 Å². The summed E-state index contributed by atoms with van der Waals surface area (Å²) < 4.78 is 7.66. The van der Waals surface area contributed by atoms with Crippen LogP contribution in [0.1, 0.15) is 36.3 Å². The lowest BCUT2D eigenvalue weighted by Gasteiger charge is -2.33. The third-order valence-corrected chi connectivity index (χ3v) is 4.88. The minimum absolute atomic E-state index is 0.0281. The predicted molar refractivity (Wildman–Crippen MR) is 91.0 cm³/mol. The number of hydrogen-bond acceptors (Lipinski definition) is 4. The molecule has 2 aromatic rings. The molecule has 122 valence electrons. The van der Waals surface area contributed by atoms with Gasteiger partial charge >= 0.3 is 0 Å². The van der Waals surface area contributed by atoms with Crippen LogP contribution in [-0.4, -0.2) is 33.5 Å². The Morgan fingerprint density at radius 1 is 1.52 bits per heavy atom. The zero-order valence-corrected chi connectivity index (χ0v) is 14.3. The zero-order valence-electron chi connectivity index (χ0n) is 13.4. The molecule has 0 unspecified atom stereocenters. The fourth-order valence-electron chi connectivity index (χ4n) is 2.82. The Bertz CT molecular complexity index is 691. The standard InChI is InChI=1S/C17H21N3O2S/c1-3-22-12-14-11-18-17-13(2)19(8-9-20(14)17)16(21)7-6-15-5-4-10-23-15/h4-7,10-11,13H,3,8-9,12H2,1-2H3/b7-6+/t13-/m1/s1. The smallest absolute Gasteiger partial charge is 0.247 e. The maximum absolute atomic E-state index is 12.5. The Morgan fingerprint density at radius 3 is 3.13 bits per heavy atom. The summed E-state index contributed by atoms with van der Waals surface area (Å²) in [5.74, 6) is 0.968. The van der Waals surface area contributed by atoms with Gasteiger partial charge in [0.05, 0.1) is 24.5 Å². The Morgan fingerprint density at radius 2 is 2.39 bits per heavy atom. The Labute approximate surface area is 140 Å². The van der Waals surface area contributed by atoms with Crippen LogP contribution in [0.25, 0.3) is 6.08 Å². The summed E-state index contributed by atoms with van der Waals surface area (Å²) in [7, 11) is 0. The van der Waals surface area contributed by atoms with Crippen LogP contribution in [-0.2, 0) is 22.7 Å². The van der Waals surface area contributed by atoms with E-state index in [1.807, 2.05) is 48.5 Å². The molecule has 0 saturated heterocycles. The highest BCUT2D eigenvalue weighted by Gasteiger charge is 2.29. The molecule has 0 aliphatic carbocycles. The second kappa shape index (κ2) is 7.10. The summed E-state index contributed by atoms with van der Waals surface area (Å²) >= 11 is 1.62. The van der Waals surface area contributed by atoms with E-state index in [4.69, 9.17) is 4.74 Å². The van der Waals surface area contributed by atoms with E-state index in [2.05, 4.69) is 9.55 Å². The second-order valence-corrected chi connectivity index (χ2v) is 6.43. The fourth-order valence-corrected chi connectivity index (χ4v) is 3.44. The van der Waals surface area contributed by atoms with Gasteiger partial charge in [0.15, 0.2) is 0 Å². The molecule has 2 aromatic heterocycles. The molecule has 0 aromatic carbocycles. The number of aromatic nitrogens is 2. The molecule has 6 heteroatoms. The highest BCUT2D eigenvalue weighted by Crippen LogP contribution is 2.26. The van der Waals surface area contributed by atoms with Crippen molar-refractivity contribution in [1.29, 1.82) is 0 Å². The quantitative estimate of drug-likeness (QED) is 0.791. The minimum Gasteiger partial charge on any atom is -0.375 e. The van der Waals surface area contributed by atoms with E-state index in [0.29, 0.717) is 19.8 Å². The first kappa shape index (κ1) is 16.0. The summed E-state index contributed by atoms with van der Waals surface area (Å²) in [5.41, 5.74) is 1.08. The van der Waals surface area contributed by atoms with Crippen LogP contribution in [0.3, 0.4) is 0 Å². The van der Waals surface area contributed by atoms with Crippen molar-refractivity contribution in [1.82, 2.24) is 14.5 Å². The van der Waals surface area contributed by atoms with E-state index in [-0.39, 0.29) is 11.9 Å². The number of hydrogen-bond donors (Lipinski definition) is 0. The van der Waals surface area contributed by atoms with E-state index < -0.39 is 0 Å². The molecule has 3 heterocycles. The summed E-state index contributed by atoms with van der Waals surface area (Å²) in [6, 6.07) is 3.95. The van der Waals surface area contributed by atoms with Gasteiger partial charge in [0.2, 0.25) is 5.91 Å². The van der Waals surface area contributed by atoms with Crippen molar-refractivity contribution in [3.05, 3.63) is 46.2 Å². The van der Waals surface area contributed by atoms with E-state index in [0.717, 1.165) is 22.9 Å². The number of fused-ring (bicyclic) bond motifs is 1. The number of imidazole rings is 1. The number of ether oxygens (including phenoxy) is 1. The maximum atomic E-state index is 12.5. The largest absolute Gasteiger partial charge is 0.375 e. The zero-order chi connectivity index (χ0) is 16.2. The van der Waals surface area contributed by atoms with E-state index in [1.165, 1.54) is 0 Å². The number of carbonyl (C=O) groups excluding carboxylic acids is 1. The molecular formula is C17H21N3O2S. The molecule has 0 radical (unpaired) electrons. The lowest BCUT2D eigenvalue weighted by atomic mass is 10.2. The lowest BCUT2D eigenvalue weighted by Crippen LogP contribution is -2.40. The van der Waals surface area contributed by atoms with Crippen molar-refractivity contribution in [2.24, 2.45) is 0 Å². The molecule has 3 rings (SSSR count). The monoisotopic (exact) mass is 331 g/mol. The molecule has 1 atom stereocenters. The van der Waals surface area contributed by atoms with Crippen molar-refractivity contribution in [2.75, 3.05) is 13.2 Å². The first-order valence-electron chi connectivity index (χ1n) is 7.85. The summed E-state index contributed by atoms with van der Waals surface area (Å²) in [4.78, 5) is 19.9. The van der Waals surface area contributed by atoms with Crippen LogP contribution in [0.15, 0.2) is 29.8 Å². The van der Waals surface area contributed by atoms with Gasteiger partial charge in [0.1, 0.15) is 5.82 Å². The van der Waals surface area contributed by atoms with Crippen LogP contribution in [0.4, 0.5) is 0 Å². The molecule has 5 nitrogen and oxygen atoms in total. The van der Waals surface area contributed by atoms with Gasteiger partial charge in [-0.25, -0.2) is 4.98 Å². The van der Waals surface area contributed by atoms with Crippen LogP contribution in [0, 0.1) is 0 Å². The van der Waals surface area contributed by atoms with Gasteiger partial charge in [0, 0.05) is 30.6 Å². The predicted octanol–water partition coefficient (Wildman–Crippen LogP) is 3.10. The minimum atomic E-state index is -0.0281. The Balaban J connectivity index is 1.72. The second-order valence-electron chi connectivity index (χ2n) is 5.45. The molecule has 1 amide bonds. The molecule has 0 bridgehead atoms. The van der Waals surface area contributed by atoms with Gasteiger partial charge in [-0.15, -0.1) is 11.3 Å². The molecule has 0 spiro atoms. The fraction of sp³-hybridized carbons (Fsp3) is 0.412. The SMILES string of the molecule is CCOCc1cnc2n1CCN(C(=O)/C=C/c1cccs1)[C@@H]2C. The van der Waals surface area contributed by atoms with Gasteiger partial charge in [-0.05, 0) is 31.4 Å². The topological polar surface area (TPSA) is 47.4 Å². The van der Waals surface area contributed by atoms with Gasteiger partial charge < -0.3 is 14.2 Å².